The average molecular weight is 283 g/mol. The van der Waals surface area contributed by atoms with Crippen molar-refractivity contribution in [2.45, 2.75) is 0 Å². The summed E-state index contributed by atoms with van der Waals surface area (Å²) in [5, 5.41) is 0. The lowest BCUT2D eigenvalue weighted by Gasteiger charge is -2.12. The van der Waals surface area contributed by atoms with Crippen LogP contribution in [0.2, 0.25) is 0 Å². The van der Waals surface area contributed by atoms with Crippen molar-refractivity contribution < 1.29 is 41.9 Å². The molecular weight excluding hydrogens is 279 g/mol. The molecule has 0 bridgehead atoms. The van der Waals surface area contributed by atoms with Crippen LogP contribution < -0.4 is 0 Å². The summed E-state index contributed by atoms with van der Waals surface area (Å²) in [6.07, 6.45) is 0. The lowest BCUT2D eigenvalue weighted by Crippen LogP contribution is -1.91. The SMILES string of the molecule is [N-]=[N+]=NP(=O)(O)OP(=O)(O)OP(=O)(O)O. The van der Waals surface area contributed by atoms with E-state index in [1.54, 1.807) is 4.91 Å². The molecule has 0 aromatic rings. The van der Waals surface area contributed by atoms with Gasteiger partial charge in [0.25, 0.3) is 0 Å². The number of hydrogen-bond acceptors (Lipinski definition) is 5. The molecule has 0 rings (SSSR count). The van der Waals surface area contributed by atoms with Crippen LogP contribution in [0.3, 0.4) is 0 Å². The van der Waals surface area contributed by atoms with Crippen LogP contribution in [0.25, 0.3) is 10.4 Å². The van der Waals surface area contributed by atoms with Crippen molar-refractivity contribution in [1.82, 2.24) is 0 Å². The van der Waals surface area contributed by atoms with Gasteiger partial charge in [0.15, 0.2) is 0 Å². The third-order valence-electron chi connectivity index (χ3n) is 0.572. The molecule has 0 spiro atoms. The van der Waals surface area contributed by atoms with E-state index in [1.165, 1.54) is 0 Å². The Balaban J connectivity index is 4.81. The summed E-state index contributed by atoms with van der Waals surface area (Å²) in [4.78, 5) is 37.0. The Bertz CT molecular complexity index is 412. The van der Waals surface area contributed by atoms with Gasteiger partial charge in [0.1, 0.15) is 0 Å². The second-order valence-corrected chi connectivity index (χ2v) is 6.18. The van der Waals surface area contributed by atoms with Crippen LogP contribution in [0.5, 0.6) is 0 Å². The molecule has 0 aliphatic carbocycles. The molecule has 15 heavy (non-hydrogen) atoms. The van der Waals surface area contributed by atoms with Gasteiger partial charge in [-0.15, -0.1) is 0 Å². The summed E-state index contributed by atoms with van der Waals surface area (Å²) < 4.78 is 37.7. The van der Waals surface area contributed by atoms with Gasteiger partial charge in [-0.05, 0) is 5.53 Å². The number of nitrogens with zero attached hydrogens (tertiary/aromatic N) is 3. The van der Waals surface area contributed by atoms with E-state index >= 15 is 0 Å². The molecule has 4 N–H and O–H groups in total. The van der Waals surface area contributed by atoms with Crippen LogP contribution in [0, 0.1) is 0 Å². The maximum Gasteiger partial charge on any atom is 0.488 e. The van der Waals surface area contributed by atoms with Crippen molar-refractivity contribution in [1.29, 1.82) is 0 Å². The third-order valence-corrected chi connectivity index (χ3v) is 4.23. The maximum absolute atomic E-state index is 10.6. The van der Waals surface area contributed by atoms with Gasteiger partial charge in [-0.25, -0.2) is 13.4 Å². The van der Waals surface area contributed by atoms with Gasteiger partial charge in [-0.2, -0.15) is 4.31 Å². The zero-order chi connectivity index (χ0) is 12.3. The maximum atomic E-state index is 10.6. The molecule has 0 fully saturated rings. The number of phosphoric acid groups is 2. The van der Waals surface area contributed by atoms with Crippen molar-refractivity contribution in [3.05, 3.63) is 10.4 Å². The van der Waals surface area contributed by atoms with E-state index < -0.39 is 23.4 Å². The molecule has 88 valence electrons. The Labute approximate surface area is 81.5 Å². The molecule has 0 aliphatic rings. The summed E-state index contributed by atoms with van der Waals surface area (Å²) in [6, 6.07) is 0. The number of rotatable bonds is 5. The summed E-state index contributed by atoms with van der Waals surface area (Å²) >= 11 is 0. The van der Waals surface area contributed by atoms with E-state index in [2.05, 4.69) is 13.5 Å². The minimum absolute atomic E-state index is 1.79. The van der Waals surface area contributed by atoms with Crippen molar-refractivity contribution in [2.24, 2.45) is 4.88 Å². The molecule has 12 nitrogen and oxygen atoms in total. The highest BCUT2D eigenvalue weighted by molar-refractivity contribution is 7.67. The smallest absolute Gasteiger partial charge is 0.319 e. The normalized spacial score (nSPS) is 19.7. The quantitative estimate of drug-likeness (QED) is 0.241. The summed E-state index contributed by atoms with van der Waals surface area (Å²) in [5.41, 5.74) is 7.71. The van der Waals surface area contributed by atoms with Crippen LogP contribution >= 0.6 is 23.4 Å². The van der Waals surface area contributed by atoms with Gasteiger partial charge in [0, 0.05) is 9.80 Å². The molecule has 0 aromatic carbocycles. The van der Waals surface area contributed by atoms with Gasteiger partial charge >= 0.3 is 23.4 Å². The molecule has 2 unspecified atom stereocenters. The highest BCUT2D eigenvalue weighted by Gasteiger charge is 2.39. The fourth-order valence-corrected chi connectivity index (χ4v) is 3.12. The molecule has 0 aromatic heterocycles. The number of hydrogen-bond donors (Lipinski definition) is 4. The molecule has 2 atom stereocenters. The van der Waals surface area contributed by atoms with Gasteiger partial charge in [0.05, 0.1) is 0 Å². The van der Waals surface area contributed by atoms with Crippen LogP contribution in [0.15, 0.2) is 4.88 Å². The Morgan fingerprint density at radius 1 is 1.07 bits per heavy atom. The Hall–Kier alpha value is -0.240. The zero-order valence-corrected chi connectivity index (χ0v) is 9.20. The third kappa shape index (κ3) is 7.66. The highest BCUT2D eigenvalue weighted by atomic mass is 31.3. The lowest BCUT2D eigenvalue weighted by atomic mass is 13.0. The first-order valence-electron chi connectivity index (χ1n) is 2.68. The van der Waals surface area contributed by atoms with Gasteiger partial charge in [-0.1, -0.05) is 0 Å². The Kier molecular flexibility index (Phi) is 4.66. The fourth-order valence-electron chi connectivity index (χ4n) is 0.351. The standard InChI is InChI=1S/H4N3O9P3/c1-2-3-13(4,5)11-15(9,10)12-14(6,7)8/h(H,4,5)(H,9,10)(H2,6,7,8). The molecule has 0 amide bonds. The van der Waals surface area contributed by atoms with Crippen LogP contribution in [-0.2, 0) is 22.3 Å². The second kappa shape index (κ2) is 4.73. The topological polar surface area (TPSA) is 199 Å². The molecule has 0 radical (unpaired) electrons. The van der Waals surface area contributed by atoms with Crippen molar-refractivity contribution in [2.75, 3.05) is 0 Å². The first-order chi connectivity index (χ1) is 6.47. The van der Waals surface area contributed by atoms with E-state index in [0.717, 1.165) is 0 Å². The van der Waals surface area contributed by atoms with E-state index in [1.807, 2.05) is 0 Å². The summed E-state index contributed by atoms with van der Waals surface area (Å²) in [5.74, 6) is 0. The molecule has 15 heteroatoms. The Morgan fingerprint density at radius 3 is 1.87 bits per heavy atom. The van der Waals surface area contributed by atoms with Crippen molar-refractivity contribution in [3.63, 3.8) is 0 Å². The highest BCUT2D eigenvalue weighted by Crippen LogP contribution is 2.66. The molecule has 0 aliphatic heterocycles. The van der Waals surface area contributed by atoms with Crippen LogP contribution in [-0.4, -0.2) is 19.6 Å². The monoisotopic (exact) mass is 283 g/mol. The molecular formula is H4N3O9P3. The van der Waals surface area contributed by atoms with Crippen molar-refractivity contribution in [3.8, 4) is 0 Å². The van der Waals surface area contributed by atoms with Gasteiger partial charge in [0.2, 0.25) is 0 Å². The van der Waals surface area contributed by atoms with Crippen LogP contribution in [0.4, 0.5) is 0 Å². The van der Waals surface area contributed by atoms with Gasteiger partial charge in [-0.3, -0.25) is 4.57 Å². The molecule has 0 saturated heterocycles. The first-order valence-corrected chi connectivity index (χ1v) is 7.23. The predicted molar refractivity (Wildman–Crippen MR) is 43.0 cm³/mol. The molecule has 0 heterocycles. The predicted octanol–water partition coefficient (Wildman–Crippen LogP) is 0.623. The Morgan fingerprint density at radius 2 is 1.53 bits per heavy atom. The van der Waals surface area contributed by atoms with Crippen LogP contribution in [0.1, 0.15) is 0 Å². The largest absolute Gasteiger partial charge is 0.488 e. The lowest BCUT2D eigenvalue weighted by molar-refractivity contribution is 0.223. The average Bonchev–Trinajstić information content (AvgIpc) is 1.74. The fraction of sp³-hybridized carbons (Fsp3) is 0. The molecule has 0 saturated carbocycles. The zero-order valence-electron chi connectivity index (χ0n) is 6.51. The van der Waals surface area contributed by atoms with E-state index in [0.29, 0.717) is 0 Å². The van der Waals surface area contributed by atoms with Crippen molar-refractivity contribution >= 4 is 23.4 Å². The van der Waals surface area contributed by atoms with E-state index in [9.17, 15) is 13.7 Å². The van der Waals surface area contributed by atoms with Gasteiger partial charge < -0.3 is 19.6 Å². The second-order valence-electron chi connectivity index (χ2n) is 1.79. The number of azide groups is 1. The van der Waals surface area contributed by atoms with E-state index in [-0.39, 0.29) is 0 Å². The minimum Gasteiger partial charge on any atom is -0.319 e. The summed E-state index contributed by atoms with van der Waals surface area (Å²) in [7, 11) is -16.1. The van der Waals surface area contributed by atoms with E-state index in [4.69, 9.17) is 25.1 Å². The first kappa shape index (κ1) is 14.8. The minimum atomic E-state index is -5.51. The summed E-state index contributed by atoms with van der Waals surface area (Å²) in [6.45, 7) is 0.